The first-order chi connectivity index (χ1) is 8.29. The molecule has 0 radical (unpaired) electrons. The Morgan fingerprint density at radius 2 is 2.06 bits per heavy atom. The predicted octanol–water partition coefficient (Wildman–Crippen LogP) is 2.88. The van der Waals surface area contributed by atoms with Crippen molar-refractivity contribution in [3.63, 3.8) is 0 Å². The molecule has 0 aromatic heterocycles. The summed E-state index contributed by atoms with van der Waals surface area (Å²) in [5.41, 5.74) is 4.84. The van der Waals surface area contributed by atoms with Crippen LogP contribution >= 0.6 is 0 Å². The fourth-order valence-electron chi connectivity index (χ4n) is 1.77. The molecule has 3 nitrogen and oxygen atoms in total. The zero-order valence-corrected chi connectivity index (χ0v) is 9.71. The van der Waals surface area contributed by atoms with Crippen LogP contribution in [0.25, 0.3) is 0 Å². The van der Waals surface area contributed by atoms with Crippen molar-refractivity contribution in [2.24, 2.45) is 11.8 Å². The fraction of sp³-hybridized carbons (Fsp3) is 0.417. The Bertz CT molecular complexity index is 485. The number of carbonyl (C=O) groups is 1. The van der Waals surface area contributed by atoms with Gasteiger partial charge in [0.15, 0.2) is 0 Å². The highest BCUT2D eigenvalue weighted by atomic mass is 19.4. The number of carbonyl (C=O) groups excluding carboxylic acids is 1. The van der Waals surface area contributed by atoms with Crippen LogP contribution in [0.15, 0.2) is 18.2 Å². The molecule has 0 aliphatic heterocycles. The van der Waals surface area contributed by atoms with Crippen LogP contribution in [0, 0.1) is 11.8 Å². The number of halogens is 3. The van der Waals surface area contributed by atoms with Crippen LogP contribution in [-0.2, 0) is 11.0 Å². The maximum Gasteiger partial charge on any atom is 0.416 e. The van der Waals surface area contributed by atoms with Crippen molar-refractivity contribution >= 4 is 17.3 Å². The summed E-state index contributed by atoms with van der Waals surface area (Å²) in [6, 6.07) is 2.91. The van der Waals surface area contributed by atoms with Crippen molar-refractivity contribution in [1.82, 2.24) is 0 Å². The van der Waals surface area contributed by atoms with Gasteiger partial charge in [0.25, 0.3) is 0 Å². The molecule has 18 heavy (non-hydrogen) atoms. The van der Waals surface area contributed by atoms with Gasteiger partial charge in [-0.2, -0.15) is 13.2 Å². The van der Waals surface area contributed by atoms with E-state index in [-0.39, 0.29) is 23.2 Å². The van der Waals surface area contributed by atoms with Gasteiger partial charge in [-0.25, -0.2) is 0 Å². The second-order valence-corrected chi connectivity index (χ2v) is 4.61. The van der Waals surface area contributed by atoms with E-state index >= 15 is 0 Å². The lowest BCUT2D eigenvalue weighted by Crippen LogP contribution is -2.16. The summed E-state index contributed by atoms with van der Waals surface area (Å²) < 4.78 is 37.2. The molecule has 0 spiro atoms. The van der Waals surface area contributed by atoms with E-state index in [4.69, 9.17) is 5.73 Å². The Labute approximate surface area is 102 Å². The number of rotatable bonds is 2. The second-order valence-electron chi connectivity index (χ2n) is 4.61. The first kappa shape index (κ1) is 12.7. The Balaban J connectivity index is 2.13. The molecule has 0 heterocycles. The van der Waals surface area contributed by atoms with Gasteiger partial charge in [0, 0.05) is 5.92 Å². The van der Waals surface area contributed by atoms with Gasteiger partial charge in [0.05, 0.1) is 16.9 Å². The Hall–Kier alpha value is -1.72. The molecule has 3 N–H and O–H groups in total. The van der Waals surface area contributed by atoms with Gasteiger partial charge < -0.3 is 11.1 Å². The highest BCUT2D eigenvalue weighted by molar-refractivity contribution is 5.96. The largest absolute Gasteiger partial charge is 0.416 e. The van der Waals surface area contributed by atoms with Gasteiger partial charge >= 0.3 is 6.18 Å². The van der Waals surface area contributed by atoms with E-state index in [0.29, 0.717) is 5.92 Å². The van der Waals surface area contributed by atoms with Crippen molar-refractivity contribution in [2.75, 3.05) is 11.1 Å². The summed E-state index contributed by atoms with van der Waals surface area (Å²) in [6.45, 7) is 1.94. The number of anilines is 2. The Morgan fingerprint density at radius 1 is 1.44 bits per heavy atom. The lowest BCUT2D eigenvalue weighted by molar-refractivity contribution is -0.137. The molecule has 2 unspecified atom stereocenters. The summed E-state index contributed by atoms with van der Waals surface area (Å²) >= 11 is 0. The molecular weight excluding hydrogens is 245 g/mol. The molecular formula is C12H13F3N2O. The van der Waals surface area contributed by atoms with Crippen molar-refractivity contribution in [3.05, 3.63) is 23.8 Å². The number of amides is 1. The molecule has 1 aromatic carbocycles. The molecule has 1 aliphatic rings. The van der Waals surface area contributed by atoms with Crippen LogP contribution in [0.5, 0.6) is 0 Å². The van der Waals surface area contributed by atoms with E-state index in [2.05, 4.69) is 5.32 Å². The summed E-state index contributed by atoms with van der Waals surface area (Å²) in [6.07, 6.45) is -3.62. The average molecular weight is 258 g/mol. The number of nitrogens with two attached hydrogens (primary N) is 1. The van der Waals surface area contributed by atoms with E-state index in [1.165, 1.54) is 6.07 Å². The highest BCUT2D eigenvalue weighted by Crippen LogP contribution is 2.39. The minimum Gasteiger partial charge on any atom is -0.397 e. The van der Waals surface area contributed by atoms with E-state index in [0.717, 1.165) is 18.6 Å². The molecule has 1 amide bonds. The number of alkyl halides is 3. The molecule has 0 saturated heterocycles. The zero-order valence-electron chi connectivity index (χ0n) is 9.71. The van der Waals surface area contributed by atoms with Crippen molar-refractivity contribution in [1.29, 1.82) is 0 Å². The van der Waals surface area contributed by atoms with Crippen LogP contribution in [0.2, 0.25) is 0 Å². The van der Waals surface area contributed by atoms with Gasteiger partial charge in [-0.3, -0.25) is 4.79 Å². The monoisotopic (exact) mass is 258 g/mol. The van der Waals surface area contributed by atoms with E-state index < -0.39 is 11.7 Å². The van der Waals surface area contributed by atoms with Gasteiger partial charge in [-0.1, -0.05) is 6.92 Å². The van der Waals surface area contributed by atoms with E-state index in [1.54, 1.807) is 0 Å². The van der Waals surface area contributed by atoms with Crippen LogP contribution in [0.1, 0.15) is 18.9 Å². The maximum atomic E-state index is 12.4. The third kappa shape index (κ3) is 2.57. The number of nitrogens with one attached hydrogen (secondary N) is 1. The quantitative estimate of drug-likeness (QED) is 0.801. The third-order valence-electron chi connectivity index (χ3n) is 3.08. The van der Waals surface area contributed by atoms with Gasteiger partial charge in [0.2, 0.25) is 5.91 Å². The number of nitrogen functional groups attached to an aromatic ring is 1. The van der Waals surface area contributed by atoms with Gasteiger partial charge in [0.1, 0.15) is 0 Å². The summed E-state index contributed by atoms with van der Waals surface area (Å²) in [5.74, 6) is 0.0984. The highest BCUT2D eigenvalue weighted by Gasteiger charge is 2.39. The third-order valence-corrected chi connectivity index (χ3v) is 3.08. The molecule has 1 saturated carbocycles. The number of benzene rings is 1. The fourth-order valence-corrected chi connectivity index (χ4v) is 1.77. The molecule has 1 fully saturated rings. The topological polar surface area (TPSA) is 55.1 Å². The SMILES string of the molecule is CC1CC1C(=O)Nc1ccc(C(F)(F)F)cc1N. The van der Waals surface area contributed by atoms with Crippen molar-refractivity contribution in [2.45, 2.75) is 19.5 Å². The molecule has 1 aliphatic carbocycles. The minimum absolute atomic E-state index is 0.0494. The molecule has 2 atom stereocenters. The van der Waals surface area contributed by atoms with Gasteiger partial charge in [-0.15, -0.1) is 0 Å². The van der Waals surface area contributed by atoms with Crippen LogP contribution in [0.3, 0.4) is 0 Å². The van der Waals surface area contributed by atoms with E-state index in [9.17, 15) is 18.0 Å². The Kier molecular flexibility index (Phi) is 2.96. The Morgan fingerprint density at radius 3 is 2.50 bits per heavy atom. The molecule has 98 valence electrons. The first-order valence-corrected chi connectivity index (χ1v) is 5.56. The van der Waals surface area contributed by atoms with Crippen molar-refractivity contribution < 1.29 is 18.0 Å². The van der Waals surface area contributed by atoms with Crippen molar-refractivity contribution in [3.8, 4) is 0 Å². The lowest BCUT2D eigenvalue weighted by Gasteiger charge is -2.11. The maximum absolute atomic E-state index is 12.4. The van der Waals surface area contributed by atoms with E-state index in [1.807, 2.05) is 6.92 Å². The summed E-state index contributed by atoms with van der Waals surface area (Å²) in [5, 5.41) is 2.55. The minimum atomic E-state index is -4.43. The normalized spacial score (nSPS) is 22.7. The molecule has 6 heteroatoms. The molecule has 2 rings (SSSR count). The molecule has 1 aromatic rings. The predicted molar refractivity (Wildman–Crippen MR) is 61.8 cm³/mol. The number of hydrogen-bond donors (Lipinski definition) is 2. The zero-order chi connectivity index (χ0) is 13.5. The lowest BCUT2D eigenvalue weighted by atomic mass is 10.1. The van der Waals surface area contributed by atoms with Crippen LogP contribution in [-0.4, -0.2) is 5.91 Å². The van der Waals surface area contributed by atoms with Crippen LogP contribution < -0.4 is 11.1 Å². The summed E-state index contributed by atoms with van der Waals surface area (Å²) in [4.78, 5) is 11.6. The summed E-state index contributed by atoms with van der Waals surface area (Å²) in [7, 11) is 0. The number of hydrogen-bond acceptors (Lipinski definition) is 2. The standard InChI is InChI=1S/C12H13F3N2O/c1-6-4-8(6)11(18)17-10-3-2-7(5-9(10)16)12(13,14)15/h2-3,5-6,8H,4,16H2,1H3,(H,17,18). The average Bonchev–Trinajstić information content (AvgIpc) is 2.97. The van der Waals surface area contributed by atoms with Gasteiger partial charge in [-0.05, 0) is 30.5 Å². The van der Waals surface area contributed by atoms with Crippen LogP contribution in [0.4, 0.5) is 24.5 Å². The smallest absolute Gasteiger partial charge is 0.397 e. The first-order valence-electron chi connectivity index (χ1n) is 5.56. The molecule has 0 bridgehead atoms. The second kappa shape index (κ2) is 4.19.